The maximum atomic E-state index is 2.47. The summed E-state index contributed by atoms with van der Waals surface area (Å²) in [5, 5.41) is 4.97. The van der Waals surface area contributed by atoms with Crippen LogP contribution in [0, 0.1) is 0 Å². The lowest BCUT2D eigenvalue weighted by Crippen LogP contribution is -2.17. The number of fused-ring (bicyclic) bond motifs is 5. The normalized spacial score (nSPS) is 13.2. The highest BCUT2D eigenvalue weighted by Gasteiger charge is 2.38. The van der Waals surface area contributed by atoms with E-state index in [9.17, 15) is 0 Å². The lowest BCUT2D eigenvalue weighted by molar-refractivity contribution is 0.584. The minimum atomic E-state index is -0.107. The number of benzene rings is 8. The van der Waals surface area contributed by atoms with E-state index < -0.39 is 0 Å². The highest BCUT2D eigenvalue weighted by molar-refractivity contribution is 6.04. The minimum Gasteiger partial charge on any atom is -0.309 e. The first-order valence-corrected chi connectivity index (χ1v) is 18.4. The molecular formula is C51H43N. The molecule has 0 aromatic heterocycles. The van der Waals surface area contributed by atoms with Crippen LogP contribution < -0.4 is 4.90 Å². The molecule has 0 radical (unpaired) electrons. The van der Waals surface area contributed by atoms with E-state index in [1.807, 2.05) is 0 Å². The smallest absolute Gasteiger partial charge is 0.0540 e. The SMILES string of the molecule is CC(C)(C)c1ccc2c(c1)C(C)(C)c1cccc(-c3ccccc3N(c3ccc(-c4cccc5ccccc45)cc3)c3cccc4ccccc34)c1-2. The number of nitrogens with zero attached hydrogens (tertiary/aromatic N) is 1. The topological polar surface area (TPSA) is 3.24 Å². The van der Waals surface area contributed by atoms with Crippen LogP contribution in [0.4, 0.5) is 17.1 Å². The average molecular weight is 670 g/mol. The summed E-state index contributed by atoms with van der Waals surface area (Å²) in [6.07, 6.45) is 0. The highest BCUT2D eigenvalue weighted by Crippen LogP contribution is 2.54. The van der Waals surface area contributed by atoms with Gasteiger partial charge in [0.05, 0.1) is 11.4 Å². The van der Waals surface area contributed by atoms with Crippen molar-refractivity contribution in [1.29, 1.82) is 0 Å². The second-order valence-electron chi connectivity index (χ2n) is 15.8. The summed E-state index contributed by atoms with van der Waals surface area (Å²) in [5.41, 5.74) is 15.2. The van der Waals surface area contributed by atoms with E-state index in [1.165, 1.54) is 71.6 Å². The predicted octanol–water partition coefficient (Wildman–Crippen LogP) is 14.4. The van der Waals surface area contributed by atoms with E-state index >= 15 is 0 Å². The van der Waals surface area contributed by atoms with Gasteiger partial charge in [-0.3, -0.25) is 0 Å². The van der Waals surface area contributed by atoms with Gasteiger partial charge in [-0.1, -0.05) is 180 Å². The summed E-state index contributed by atoms with van der Waals surface area (Å²) in [6, 6.07) is 62.8. The van der Waals surface area contributed by atoms with Crippen LogP contribution in [-0.2, 0) is 10.8 Å². The molecule has 0 N–H and O–H groups in total. The summed E-state index contributed by atoms with van der Waals surface area (Å²) in [6.45, 7) is 11.7. The lowest BCUT2D eigenvalue weighted by atomic mass is 9.79. The van der Waals surface area contributed by atoms with Crippen LogP contribution in [0.15, 0.2) is 170 Å². The molecule has 0 heterocycles. The van der Waals surface area contributed by atoms with Gasteiger partial charge in [0, 0.05) is 22.1 Å². The molecule has 1 heteroatoms. The Morgan fingerprint density at radius 3 is 1.79 bits per heavy atom. The van der Waals surface area contributed by atoms with Gasteiger partial charge in [-0.15, -0.1) is 0 Å². The molecule has 0 saturated heterocycles. The fourth-order valence-corrected chi connectivity index (χ4v) is 8.45. The third-order valence-corrected chi connectivity index (χ3v) is 11.2. The van der Waals surface area contributed by atoms with E-state index in [-0.39, 0.29) is 10.8 Å². The molecule has 9 rings (SSSR count). The first kappa shape index (κ1) is 32.0. The fraction of sp³-hybridized carbons (Fsp3) is 0.137. The zero-order valence-electron chi connectivity index (χ0n) is 30.6. The van der Waals surface area contributed by atoms with Crippen molar-refractivity contribution in [1.82, 2.24) is 0 Å². The van der Waals surface area contributed by atoms with Crippen molar-refractivity contribution in [2.75, 3.05) is 4.90 Å². The Kier molecular flexibility index (Phi) is 7.45. The summed E-state index contributed by atoms with van der Waals surface area (Å²) < 4.78 is 0. The van der Waals surface area contributed by atoms with Gasteiger partial charge in [0.25, 0.3) is 0 Å². The Labute approximate surface area is 307 Å². The number of para-hydroxylation sites is 1. The van der Waals surface area contributed by atoms with Gasteiger partial charge in [0.1, 0.15) is 0 Å². The molecule has 0 amide bonds. The largest absolute Gasteiger partial charge is 0.309 e. The van der Waals surface area contributed by atoms with Crippen molar-refractivity contribution in [2.24, 2.45) is 0 Å². The molecule has 0 aliphatic heterocycles. The van der Waals surface area contributed by atoms with Crippen molar-refractivity contribution in [3.8, 4) is 33.4 Å². The number of rotatable bonds is 5. The molecule has 0 unspecified atom stereocenters. The Bertz CT molecular complexity index is 2620. The Hall–Kier alpha value is -5.92. The van der Waals surface area contributed by atoms with Crippen LogP contribution in [0.5, 0.6) is 0 Å². The van der Waals surface area contributed by atoms with Gasteiger partial charge in [-0.2, -0.15) is 0 Å². The second kappa shape index (κ2) is 12.1. The van der Waals surface area contributed by atoms with E-state index in [1.54, 1.807) is 0 Å². The predicted molar refractivity (Wildman–Crippen MR) is 223 cm³/mol. The van der Waals surface area contributed by atoms with E-state index in [0.29, 0.717) is 0 Å². The minimum absolute atomic E-state index is 0.0808. The van der Waals surface area contributed by atoms with Crippen molar-refractivity contribution in [3.05, 3.63) is 187 Å². The zero-order valence-corrected chi connectivity index (χ0v) is 30.6. The molecule has 0 fully saturated rings. The number of anilines is 3. The number of hydrogen-bond acceptors (Lipinski definition) is 1. The van der Waals surface area contributed by atoms with Gasteiger partial charge in [-0.25, -0.2) is 0 Å². The fourth-order valence-electron chi connectivity index (χ4n) is 8.45. The highest BCUT2D eigenvalue weighted by atomic mass is 15.1. The van der Waals surface area contributed by atoms with Gasteiger partial charge in [0.2, 0.25) is 0 Å². The second-order valence-corrected chi connectivity index (χ2v) is 15.8. The van der Waals surface area contributed by atoms with E-state index in [4.69, 9.17) is 0 Å². The molecule has 8 aromatic rings. The quantitative estimate of drug-likeness (QED) is 0.176. The molecule has 0 atom stereocenters. The van der Waals surface area contributed by atoms with Gasteiger partial charge < -0.3 is 4.90 Å². The maximum Gasteiger partial charge on any atom is 0.0540 e. The third kappa shape index (κ3) is 5.15. The van der Waals surface area contributed by atoms with Crippen molar-refractivity contribution in [2.45, 2.75) is 45.4 Å². The molecule has 52 heavy (non-hydrogen) atoms. The zero-order chi connectivity index (χ0) is 35.6. The summed E-state index contributed by atoms with van der Waals surface area (Å²) in [5.74, 6) is 0. The van der Waals surface area contributed by atoms with Gasteiger partial charge >= 0.3 is 0 Å². The third-order valence-electron chi connectivity index (χ3n) is 11.2. The molecule has 1 aliphatic carbocycles. The molecule has 1 aliphatic rings. The number of hydrogen-bond donors (Lipinski definition) is 0. The molecule has 0 saturated carbocycles. The van der Waals surface area contributed by atoms with E-state index in [0.717, 1.165) is 17.1 Å². The van der Waals surface area contributed by atoms with Crippen LogP contribution in [0.1, 0.15) is 51.3 Å². The molecular weight excluding hydrogens is 627 g/mol. The standard InChI is InChI=1S/C51H43N/c1-50(2,3)37-29-32-44-46(33-37)51(4,5)45-24-14-23-43(49(44)45)42-21-10-11-25-48(42)52(47-26-13-18-35-16-7-9-20-41(35)47)38-30-27-36(28-31-38)40-22-12-17-34-15-6-8-19-39(34)40/h6-33H,1-5H3. The molecule has 8 aromatic carbocycles. The first-order valence-electron chi connectivity index (χ1n) is 18.4. The van der Waals surface area contributed by atoms with Crippen molar-refractivity contribution in [3.63, 3.8) is 0 Å². The molecule has 0 bridgehead atoms. The van der Waals surface area contributed by atoms with Crippen LogP contribution in [0.25, 0.3) is 54.9 Å². The van der Waals surface area contributed by atoms with Crippen molar-refractivity contribution >= 4 is 38.6 Å². The lowest BCUT2D eigenvalue weighted by Gasteiger charge is -2.30. The summed E-state index contributed by atoms with van der Waals surface area (Å²) in [4.78, 5) is 2.47. The van der Waals surface area contributed by atoms with E-state index in [2.05, 4.69) is 209 Å². The van der Waals surface area contributed by atoms with Crippen LogP contribution >= 0.6 is 0 Å². The van der Waals surface area contributed by atoms with Crippen molar-refractivity contribution < 1.29 is 0 Å². The monoisotopic (exact) mass is 669 g/mol. The van der Waals surface area contributed by atoms with Crippen LogP contribution in [0.2, 0.25) is 0 Å². The molecule has 1 nitrogen and oxygen atoms in total. The Balaban J connectivity index is 1.26. The van der Waals surface area contributed by atoms with Crippen LogP contribution in [0.3, 0.4) is 0 Å². The molecule has 0 spiro atoms. The first-order chi connectivity index (χ1) is 25.2. The summed E-state index contributed by atoms with van der Waals surface area (Å²) in [7, 11) is 0. The summed E-state index contributed by atoms with van der Waals surface area (Å²) >= 11 is 0. The average Bonchev–Trinajstić information content (AvgIpc) is 3.40. The van der Waals surface area contributed by atoms with Crippen LogP contribution in [-0.4, -0.2) is 0 Å². The van der Waals surface area contributed by atoms with Gasteiger partial charge in [-0.05, 0) is 90.3 Å². The Morgan fingerprint density at radius 1 is 0.442 bits per heavy atom. The Morgan fingerprint density at radius 2 is 1.02 bits per heavy atom. The molecule has 252 valence electrons. The van der Waals surface area contributed by atoms with Gasteiger partial charge in [0.15, 0.2) is 0 Å². The maximum absolute atomic E-state index is 2.47.